The summed E-state index contributed by atoms with van der Waals surface area (Å²) >= 11 is 0. The van der Waals surface area contributed by atoms with Crippen LogP contribution < -0.4 is 0 Å². The van der Waals surface area contributed by atoms with E-state index in [0.29, 0.717) is 24.3 Å². The lowest BCUT2D eigenvalue weighted by molar-refractivity contribution is -0.0860. The Hall–Kier alpha value is -1.49. The minimum Gasteiger partial charge on any atom is -0.386 e. The second-order valence-electron chi connectivity index (χ2n) is 5.12. The minimum atomic E-state index is -0.687. The second-order valence-corrected chi connectivity index (χ2v) is 5.12. The van der Waals surface area contributed by atoms with Crippen molar-refractivity contribution in [3.63, 3.8) is 0 Å². The number of aryl methyl sites for hydroxylation is 2. The van der Waals surface area contributed by atoms with E-state index in [1.165, 1.54) is 0 Å². The number of carbonyl (C=O) groups is 1. The molecule has 5 nitrogen and oxygen atoms in total. The highest BCUT2D eigenvalue weighted by Crippen LogP contribution is 2.27. The summed E-state index contributed by atoms with van der Waals surface area (Å²) in [4.78, 5) is 13.9. The fourth-order valence-corrected chi connectivity index (χ4v) is 2.37. The third kappa shape index (κ3) is 2.36. The molecule has 0 atom stereocenters. The largest absolute Gasteiger partial charge is 0.386 e. The first-order valence-electron chi connectivity index (χ1n) is 6.28. The molecular formula is C13H19N3O2. The molecule has 2 heterocycles. The van der Waals surface area contributed by atoms with Crippen LogP contribution in [0.2, 0.25) is 0 Å². The quantitative estimate of drug-likeness (QED) is 0.870. The predicted molar refractivity (Wildman–Crippen MR) is 67.3 cm³/mol. The van der Waals surface area contributed by atoms with Gasteiger partial charge in [0.25, 0.3) is 5.91 Å². The van der Waals surface area contributed by atoms with E-state index in [0.717, 1.165) is 18.5 Å². The molecule has 1 aliphatic heterocycles. The molecule has 1 saturated heterocycles. The number of rotatable bonds is 3. The molecule has 1 amide bonds. The number of hydrogen-bond acceptors (Lipinski definition) is 4. The highest BCUT2D eigenvalue weighted by Gasteiger charge is 2.43. The average molecular weight is 249 g/mol. The Morgan fingerprint density at radius 3 is 2.72 bits per heavy atom. The van der Waals surface area contributed by atoms with E-state index in [1.54, 1.807) is 17.9 Å². The number of aromatic nitrogens is 2. The van der Waals surface area contributed by atoms with Gasteiger partial charge < -0.3 is 10.0 Å². The Kier molecular flexibility index (Phi) is 3.34. The lowest BCUT2D eigenvalue weighted by Crippen LogP contribution is -2.63. The van der Waals surface area contributed by atoms with Gasteiger partial charge in [-0.1, -0.05) is 13.3 Å². The smallest absolute Gasteiger partial charge is 0.256 e. The van der Waals surface area contributed by atoms with E-state index in [1.807, 2.05) is 13.8 Å². The normalized spacial score (nSPS) is 17.4. The van der Waals surface area contributed by atoms with Crippen molar-refractivity contribution in [2.75, 3.05) is 13.1 Å². The Bertz CT molecular complexity index is 467. The van der Waals surface area contributed by atoms with Crippen LogP contribution in [0.3, 0.4) is 0 Å². The van der Waals surface area contributed by atoms with Crippen LogP contribution in [-0.2, 0) is 0 Å². The van der Waals surface area contributed by atoms with Crippen LogP contribution in [0.5, 0.6) is 0 Å². The molecule has 0 bridgehead atoms. The second kappa shape index (κ2) is 4.65. The first-order chi connectivity index (χ1) is 8.45. The third-order valence-corrected chi connectivity index (χ3v) is 3.30. The minimum absolute atomic E-state index is 0.0636. The van der Waals surface area contributed by atoms with Crippen molar-refractivity contribution in [1.29, 1.82) is 0 Å². The maximum absolute atomic E-state index is 12.2. The van der Waals surface area contributed by atoms with Gasteiger partial charge in [0, 0.05) is 0 Å². The summed E-state index contributed by atoms with van der Waals surface area (Å²) in [6.45, 7) is 6.45. The Morgan fingerprint density at radius 1 is 1.44 bits per heavy atom. The molecule has 0 aliphatic carbocycles. The molecule has 18 heavy (non-hydrogen) atoms. The standard InChI is InChI=1S/C13H19N3O2/c1-4-5-13(18)7-16(8-13)12(17)11-6-9(2)14-15-10(11)3/h6,18H,4-5,7-8H2,1-3H3. The molecule has 1 fully saturated rings. The highest BCUT2D eigenvalue weighted by atomic mass is 16.3. The summed E-state index contributed by atoms with van der Waals surface area (Å²) in [5, 5.41) is 17.9. The molecule has 2 rings (SSSR count). The molecule has 0 unspecified atom stereocenters. The third-order valence-electron chi connectivity index (χ3n) is 3.30. The van der Waals surface area contributed by atoms with Crippen LogP contribution in [0.15, 0.2) is 6.07 Å². The topological polar surface area (TPSA) is 66.3 Å². The molecule has 1 aromatic heterocycles. The first kappa shape index (κ1) is 13.0. The highest BCUT2D eigenvalue weighted by molar-refractivity contribution is 5.95. The van der Waals surface area contributed by atoms with Gasteiger partial charge in [0.05, 0.1) is 35.6 Å². The average Bonchev–Trinajstić information content (AvgIpc) is 2.28. The van der Waals surface area contributed by atoms with E-state index in [2.05, 4.69) is 10.2 Å². The van der Waals surface area contributed by atoms with E-state index in [-0.39, 0.29) is 5.91 Å². The number of carbonyl (C=O) groups excluding carboxylic acids is 1. The molecular weight excluding hydrogens is 230 g/mol. The number of likely N-dealkylation sites (tertiary alicyclic amines) is 1. The summed E-state index contributed by atoms with van der Waals surface area (Å²) in [6, 6.07) is 1.75. The zero-order chi connectivity index (χ0) is 13.3. The number of hydrogen-bond donors (Lipinski definition) is 1. The molecule has 0 spiro atoms. The van der Waals surface area contributed by atoms with E-state index < -0.39 is 5.60 Å². The lowest BCUT2D eigenvalue weighted by atomic mass is 9.88. The van der Waals surface area contributed by atoms with Crippen LogP contribution in [0.1, 0.15) is 41.5 Å². The van der Waals surface area contributed by atoms with Crippen molar-refractivity contribution >= 4 is 5.91 Å². The van der Waals surface area contributed by atoms with Crippen LogP contribution >= 0.6 is 0 Å². The van der Waals surface area contributed by atoms with Gasteiger partial charge in [-0.2, -0.15) is 10.2 Å². The Morgan fingerprint density at radius 2 is 2.11 bits per heavy atom. The summed E-state index contributed by atoms with van der Waals surface area (Å²) in [5.41, 5.74) is 1.26. The summed E-state index contributed by atoms with van der Waals surface area (Å²) < 4.78 is 0. The van der Waals surface area contributed by atoms with Gasteiger partial charge in [0.2, 0.25) is 0 Å². The van der Waals surface area contributed by atoms with E-state index in [9.17, 15) is 9.90 Å². The monoisotopic (exact) mass is 249 g/mol. The maximum Gasteiger partial charge on any atom is 0.256 e. The summed E-state index contributed by atoms with van der Waals surface area (Å²) in [5.74, 6) is -0.0636. The van der Waals surface area contributed by atoms with Crippen LogP contribution in [-0.4, -0.2) is 44.8 Å². The fourth-order valence-electron chi connectivity index (χ4n) is 2.37. The van der Waals surface area contributed by atoms with Crippen molar-refractivity contribution in [1.82, 2.24) is 15.1 Å². The summed E-state index contributed by atoms with van der Waals surface area (Å²) in [7, 11) is 0. The Labute approximate surface area is 107 Å². The maximum atomic E-state index is 12.2. The van der Waals surface area contributed by atoms with Gasteiger partial charge in [-0.3, -0.25) is 4.79 Å². The number of aliphatic hydroxyl groups is 1. The van der Waals surface area contributed by atoms with Crippen molar-refractivity contribution in [2.24, 2.45) is 0 Å². The molecule has 0 aromatic carbocycles. The summed E-state index contributed by atoms with van der Waals surface area (Å²) in [6.07, 6.45) is 1.66. The molecule has 5 heteroatoms. The van der Waals surface area contributed by atoms with Gasteiger partial charge in [-0.15, -0.1) is 0 Å². The van der Waals surface area contributed by atoms with E-state index >= 15 is 0 Å². The van der Waals surface area contributed by atoms with Gasteiger partial charge in [0.1, 0.15) is 0 Å². The predicted octanol–water partition coefficient (Wildman–Crippen LogP) is 1.08. The van der Waals surface area contributed by atoms with Gasteiger partial charge in [-0.25, -0.2) is 0 Å². The van der Waals surface area contributed by atoms with Crippen LogP contribution in [0, 0.1) is 13.8 Å². The SMILES string of the molecule is CCCC1(O)CN(C(=O)c2cc(C)nnc2C)C1. The zero-order valence-electron chi connectivity index (χ0n) is 11.1. The first-order valence-corrected chi connectivity index (χ1v) is 6.28. The molecule has 0 radical (unpaired) electrons. The molecule has 1 aromatic rings. The molecule has 1 N–H and O–H groups in total. The Balaban J connectivity index is 2.08. The van der Waals surface area contributed by atoms with Crippen LogP contribution in [0.4, 0.5) is 0 Å². The van der Waals surface area contributed by atoms with Crippen LogP contribution in [0.25, 0.3) is 0 Å². The fraction of sp³-hybridized carbons (Fsp3) is 0.615. The molecule has 1 aliphatic rings. The number of nitrogens with zero attached hydrogens (tertiary/aromatic N) is 3. The van der Waals surface area contributed by atoms with Gasteiger partial charge in [-0.05, 0) is 26.3 Å². The van der Waals surface area contributed by atoms with E-state index in [4.69, 9.17) is 0 Å². The van der Waals surface area contributed by atoms with Crippen molar-refractivity contribution in [3.8, 4) is 0 Å². The van der Waals surface area contributed by atoms with Gasteiger partial charge in [0.15, 0.2) is 0 Å². The lowest BCUT2D eigenvalue weighted by Gasteiger charge is -2.46. The number of β-amino-alcohol motifs (C(OH)–C–C–N with tert-alkyl or cyclic N) is 1. The zero-order valence-corrected chi connectivity index (χ0v) is 11.1. The van der Waals surface area contributed by atoms with Crippen molar-refractivity contribution < 1.29 is 9.90 Å². The van der Waals surface area contributed by atoms with Crippen molar-refractivity contribution in [3.05, 3.63) is 23.0 Å². The molecule has 98 valence electrons. The molecule has 0 saturated carbocycles. The van der Waals surface area contributed by atoms with Crippen molar-refractivity contribution in [2.45, 2.75) is 39.2 Å². The van der Waals surface area contributed by atoms with Gasteiger partial charge >= 0.3 is 0 Å². The number of amides is 1.